The number of benzene rings is 2. The van der Waals surface area contributed by atoms with Gasteiger partial charge < -0.3 is 14.8 Å². The van der Waals surface area contributed by atoms with Crippen LogP contribution in [0.15, 0.2) is 72.3 Å². The van der Waals surface area contributed by atoms with E-state index in [1.165, 1.54) is 0 Å². The van der Waals surface area contributed by atoms with Gasteiger partial charge in [-0.1, -0.05) is 48.0 Å². The molecule has 1 saturated carbocycles. The number of hydrogen-bond acceptors (Lipinski definition) is 5. The minimum absolute atomic E-state index is 0.0359. The molecular formula is C30H34N2O5. The van der Waals surface area contributed by atoms with Crippen LogP contribution in [0, 0.1) is 23.2 Å². The van der Waals surface area contributed by atoms with E-state index >= 15 is 0 Å². The SMILES string of the molecule is CCOC(=O)N[C@@H]1CC[C@@H]2C(=C[C@@]3(C)C(=O)O[C@H](C)[C@H]3[C@H]2C(=O)N(c2ccccc2)c2ccccc2)C1. The topological polar surface area (TPSA) is 84.9 Å². The van der Waals surface area contributed by atoms with Crippen LogP contribution in [0.1, 0.15) is 40.0 Å². The third-order valence-corrected chi connectivity index (χ3v) is 8.15. The molecule has 1 heterocycles. The summed E-state index contributed by atoms with van der Waals surface area (Å²) in [6, 6.07) is 19.2. The molecule has 2 amide bonds. The maximum absolute atomic E-state index is 14.7. The second-order valence-corrected chi connectivity index (χ2v) is 10.5. The molecule has 0 bridgehead atoms. The molecule has 6 atom stereocenters. The van der Waals surface area contributed by atoms with Crippen molar-refractivity contribution in [3.63, 3.8) is 0 Å². The van der Waals surface area contributed by atoms with E-state index in [1.807, 2.05) is 80.6 Å². The molecule has 2 aromatic rings. The summed E-state index contributed by atoms with van der Waals surface area (Å²) in [6.45, 7) is 5.87. The highest BCUT2D eigenvalue weighted by molar-refractivity contribution is 6.03. The lowest BCUT2D eigenvalue weighted by Crippen LogP contribution is -2.52. The molecule has 0 aromatic heterocycles. The van der Waals surface area contributed by atoms with Crippen LogP contribution < -0.4 is 10.2 Å². The molecule has 0 radical (unpaired) electrons. The summed E-state index contributed by atoms with van der Waals surface area (Å²) in [6.07, 6.45) is 3.25. The Morgan fingerprint density at radius 3 is 2.27 bits per heavy atom. The molecule has 194 valence electrons. The highest BCUT2D eigenvalue weighted by Gasteiger charge is 2.61. The van der Waals surface area contributed by atoms with Crippen molar-refractivity contribution >= 4 is 29.3 Å². The van der Waals surface area contributed by atoms with Gasteiger partial charge in [0.15, 0.2) is 0 Å². The zero-order valence-electron chi connectivity index (χ0n) is 21.6. The van der Waals surface area contributed by atoms with Crippen LogP contribution in [0.3, 0.4) is 0 Å². The number of carbonyl (C=O) groups excluding carboxylic acids is 3. The molecule has 2 fully saturated rings. The minimum Gasteiger partial charge on any atom is -0.462 e. The summed E-state index contributed by atoms with van der Waals surface area (Å²) in [7, 11) is 0. The van der Waals surface area contributed by atoms with Crippen LogP contribution >= 0.6 is 0 Å². The van der Waals surface area contributed by atoms with Gasteiger partial charge in [0, 0.05) is 23.3 Å². The normalized spacial score (nSPS) is 30.3. The van der Waals surface area contributed by atoms with Crippen molar-refractivity contribution in [2.45, 2.75) is 52.2 Å². The van der Waals surface area contributed by atoms with E-state index in [2.05, 4.69) is 5.32 Å². The minimum atomic E-state index is -0.906. The lowest BCUT2D eigenvalue weighted by atomic mass is 9.56. The molecule has 1 aliphatic heterocycles. The predicted octanol–water partition coefficient (Wildman–Crippen LogP) is 5.39. The molecular weight excluding hydrogens is 468 g/mol. The number of esters is 1. The first-order chi connectivity index (χ1) is 17.8. The van der Waals surface area contributed by atoms with E-state index < -0.39 is 17.4 Å². The van der Waals surface area contributed by atoms with Gasteiger partial charge in [-0.2, -0.15) is 0 Å². The Morgan fingerprint density at radius 2 is 1.68 bits per heavy atom. The summed E-state index contributed by atoms with van der Waals surface area (Å²) < 4.78 is 10.9. The van der Waals surface area contributed by atoms with Gasteiger partial charge in [0.05, 0.1) is 17.9 Å². The Hall–Kier alpha value is -3.61. The molecule has 1 saturated heterocycles. The fourth-order valence-electron chi connectivity index (χ4n) is 6.62. The number of alkyl carbamates (subject to hydrolysis) is 1. The Morgan fingerprint density at radius 1 is 1.05 bits per heavy atom. The van der Waals surface area contributed by atoms with E-state index in [-0.39, 0.29) is 35.9 Å². The first-order valence-electron chi connectivity index (χ1n) is 13.1. The van der Waals surface area contributed by atoms with E-state index in [1.54, 1.807) is 11.8 Å². The van der Waals surface area contributed by atoms with Crippen molar-refractivity contribution in [1.82, 2.24) is 5.32 Å². The quantitative estimate of drug-likeness (QED) is 0.438. The number of fused-ring (bicyclic) bond motifs is 2. The molecule has 1 N–H and O–H groups in total. The van der Waals surface area contributed by atoms with Crippen molar-refractivity contribution in [3.05, 3.63) is 72.3 Å². The number of para-hydroxylation sites is 2. The fraction of sp³-hybridized carbons (Fsp3) is 0.433. The summed E-state index contributed by atoms with van der Waals surface area (Å²) >= 11 is 0. The maximum atomic E-state index is 14.7. The van der Waals surface area contributed by atoms with Crippen molar-refractivity contribution in [1.29, 1.82) is 0 Å². The van der Waals surface area contributed by atoms with Gasteiger partial charge in [-0.05, 0) is 70.2 Å². The lowest BCUT2D eigenvalue weighted by Gasteiger charge is -2.47. The lowest BCUT2D eigenvalue weighted by molar-refractivity contribution is -0.146. The Bertz CT molecular complexity index is 1160. The van der Waals surface area contributed by atoms with Gasteiger partial charge in [0.2, 0.25) is 5.91 Å². The second kappa shape index (κ2) is 10.0. The van der Waals surface area contributed by atoms with Crippen molar-refractivity contribution in [2.24, 2.45) is 23.2 Å². The third-order valence-electron chi connectivity index (χ3n) is 8.15. The van der Waals surface area contributed by atoms with Crippen molar-refractivity contribution in [2.75, 3.05) is 11.5 Å². The van der Waals surface area contributed by atoms with Crippen LogP contribution in [0.4, 0.5) is 16.2 Å². The van der Waals surface area contributed by atoms with E-state index in [4.69, 9.17) is 9.47 Å². The largest absolute Gasteiger partial charge is 0.462 e. The van der Waals surface area contributed by atoms with Gasteiger partial charge in [0.25, 0.3) is 0 Å². The van der Waals surface area contributed by atoms with Gasteiger partial charge in [-0.25, -0.2) is 4.79 Å². The molecule has 37 heavy (non-hydrogen) atoms. The molecule has 2 aromatic carbocycles. The van der Waals surface area contributed by atoms with Gasteiger partial charge >= 0.3 is 12.1 Å². The number of nitrogens with one attached hydrogen (secondary N) is 1. The molecule has 0 spiro atoms. The van der Waals surface area contributed by atoms with Crippen LogP contribution in [0.5, 0.6) is 0 Å². The summed E-state index contributed by atoms with van der Waals surface area (Å²) in [5.41, 5.74) is 1.70. The molecule has 7 nitrogen and oxygen atoms in total. The molecule has 0 unspecified atom stereocenters. The van der Waals surface area contributed by atoms with Crippen LogP contribution in [-0.2, 0) is 19.1 Å². The predicted molar refractivity (Wildman–Crippen MR) is 140 cm³/mol. The number of ether oxygens (including phenoxy) is 2. The first-order valence-corrected chi connectivity index (χ1v) is 13.1. The number of cyclic esters (lactones) is 1. The fourth-order valence-corrected chi connectivity index (χ4v) is 6.62. The van der Waals surface area contributed by atoms with Crippen molar-refractivity contribution < 1.29 is 23.9 Å². The highest BCUT2D eigenvalue weighted by atomic mass is 16.6. The Balaban J connectivity index is 1.55. The van der Waals surface area contributed by atoms with Crippen molar-refractivity contribution in [3.8, 4) is 0 Å². The zero-order valence-corrected chi connectivity index (χ0v) is 21.6. The zero-order chi connectivity index (χ0) is 26.2. The third kappa shape index (κ3) is 4.52. The molecule has 3 aliphatic rings. The number of amides is 2. The smallest absolute Gasteiger partial charge is 0.407 e. The molecule has 7 heteroatoms. The van der Waals surface area contributed by atoms with Gasteiger partial charge in [-0.15, -0.1) is 0 Å². The Kier molecular flexibility index (Phi) is 6.80. The standard InChI is InChI=1S/C30H34N2O5/c1-4-36-29(35)31-21-15-16-24-20(17-21)18-30(3)26(19(2)37-28(30)34)25(24)27(33)32(22-11-7-5-8-12-22)23-13-9-6-10-14-23/h5-14,18-19,21,24-26H,4,15-17H2,1-3H3,(H,31,35)/t19-,21-,24-,25+,26+,30-/m1/s1. The van der Waals surface area contributed by atoms with Crippen LogP contribution in [0.2, 0.25) is 0 Å². The molecule has 2 aliphatic carbocycles. The summed E-state index contributed by atoms with van der Waals surface area (Å²) in [5, 5.41) is 2.95. The van der Waals surface area contributed by atoms with Crippen LogP contribution in [0.25, 0.3) is 0 Å². The molecule has 5 rings (SSSR count). The van der Waals surface area contributed by atoms with E-state index in [0.717, 1.165) is 29.8 Å². The second-order valence-electron chi connectivity index (χ2n) is 10.5. The number of rotatable bonds is 5. The van der Waals surface area contributed by atoms with E-state index in [9.17, 15) is 14.4 Å². The first kappa shape index (κ1) is 25.1. The highest BCUT2D eigenvalue weighted by Crippen LogP contribution is 2.56. The van der Waals surface area contributed by atoms with Gasteiger partial charge in [0.1, 0.15) is 6.10 Å². The van der Waals surface area contributed by atoms with E-state index in [0.29, 0.717) is 13.0 Å². The average molecular weight is 503 g/mol. The maximum Gasteiger partial charge on any atom is 0.407 e. The monoisotopic (exact) mass is 502 g/mol. The number of nitrogens with zero attached hydrogens (tertiary/aromatic N) is 1. The van der Waals surface area contributed by atoms with Crippen LogP contribution in [-0.4, -0.2) is 36.7 Å². The summed E-state index contributed by atoms with van der Waals surface area (Å²) in [4.78, 5) is 41.7. The number of carbonyl (C=O) groups is 3. The number of anilines is 2. The van der Waals surface area contributed by atoms with Gasteiger partial charge in [-0.3, -0.25) is 14.5 Å². The average Bonchev–Trinajstić information content (AvgIpc) is 3.11. The number of hydrogen-bond donors (Lipinski definition) is 1. The Labute approximate surface area is 217 Å². The summed E-state index contributed by atoms with van der Waals surface area (Å²) in [5.74, 6) is -1.11.